The van der Waals surface area contributed by atoms with Gasteiger partial charge in [-0.1, -0.05) is 24.3 Å². The minimum absolute atomic E-state index is 0.0755. The lowest BCUT2D eigenvalue weighted by molar-refractivity contribution is 0.0275. The zero-order valence-electron chi connectivity index (χ0n) is 43.0. The summed E-state index contributed by atoms with van der Waals surface area (Å²) in [6, 6.07) is 19.2. The van der Waals surface area contributed by atoms with Crippen LogP contribution in [0.2, 0.25) is 0 Å². The van der Waals surface area contributed by atoms with E-state index in [-0.39, 0.29) is 29.1 Å². The van der Waals surface area contributed by atoms with E-state index in [1.54, 1.807) is 61.3 Å². The van der Waals surface area contributed by atoms with E-state index >= 15 is 0 Å². The second-order valence-electron chi connectivity index (χ2n) is 19.9. The fourth-order valence-corrected chi connectivity index (χ4v) is 10.5. The van der Waals surface area contributed by atoms with Crippen LogP contribution < -0.4 is 22.5 Å². The lowest BCUT2D eigenvalue weighted by atomic mass is 9.99. The highest BCUT2D eigenvalue weighted by Crippen LogP contribution is 2.32. The number of carbonyl (C=O) groups is 4. The van der Waals surface area contributed by atoms with E-state index in [9.17, 15) is 19.2 Å². The van der Waals surface area contributed by atoms with Gasteiger partial charge in [0, 0.05) is 73.5 Å². The Morgan fingerprint density at radius 2 is 1.07 bits per heavy atom. The monoisotopic (exact) mass is 1050 g/mol. The summed E-state index contributed by atoms with van der Waals surface area (Å²) >= 11 is 8.55. The number of benzene rings is 2. The van der Waals surface area contributed by atoms with Gasteiger partial charge in [-0.2, -0.15) is 0 Å². The summed E-state index contributed by atoms with van der Waals surface area (Å²) in [6.45, 7) is 12.4. The van der Waals surface area contributed by atoms with E-state index in [0.29, 0.717) is 36.8 Å². The number of rotatable bonds is 11. The smallest absolute Gasteiger partial charge is 0.410 e. The normalized spacial score (nSPS) is 12.9. The Labute approximate surface area is 441 Å². The molecule has 0 aliphatic heterocycles. The number of thiophene rings is 2. The Bertz CT molecular complexity index is 2860. The molecule has 0 radical (unpaired) electrons. The maximum Gasteiger partial charge on any atom is 0.410 e. The highest BCUT2D eigenvalue weighted by atomic mass is 35.5. The largest absolute Gasteiger partial charge is 0.444 e. The average molecular weight is 1050 g/mol. The molecule has 3 amide bonds. The molecule has 19 heteroatoms. The van der Waals surface area contributed by atoms with Crippen molar-refractivity contribution >= 4 is 69.5 Å². The zero-order valence-corrected chi connectivity index (χ0v) is 45.4. The molecule has 2 aliphatic carbocycles. The number of hydrogen-bond donors (Lipinski definition) is 4. The van der Waals surface area contributed by atoms with Gasteiger partial charge < -0.3 is 41.8 Å². The van der Waals surface area contributed by atoms with Crippen molar-refractivity contribution in [3.63, 3.8) is 0 Å². The molecular formula is C54H67ClN10O6S2. The molecule has 0 unspecified atom stereocenters. The van der Waals surface area contributed by atoms with Crippen LogP contribution in [0.15, 0.2) is 73.1 Å². The Morgan fingerprint density at radius 1 is 0.630 bits per heavy atom. The quantitative estimate of drug-likeness (QED) is 0.0885. The molecule has 0 saturated carbocycles. The second-order valence-corrected chi connectivity index (χ2v) is 22.5. The molecule has 4 heterocycles. The SMILES string of the molecule is CN(Cc1cc(-c2ccnc(N)n2)ccc1CN)C(=O)OC(C)(C)C.CN(Cc1cc(-c2ccnc(N)n2)ccc1CNC(=O)c1cc2c(s1)CCCC2)C(=O)OC(C)(C)C.O=C(Cl)c1cc2c(s1)CCCC2. The van der Waals surface area contributed by atoms with Crippen LogP contribution in [-0.4, -0.2) is 78.4 Å². The zero-order chi connectivity index (χ0) is 53.0. The highest BCUT2D eigenvalue weighted by molar-refractivity contribution is 7.16. The first-order valence-electron chi connectivity index (χ1n) is 24.3. The van der Waals surface area contributed by atoms with E-state index in [4.69, 9.17) is 38.3 Å². The summed E-state index contributed by atoms with van der Waals surface area (Å²) in [5.74, 6) is 0.330. The van der Waals surface area contributed by atoms with Gasteiger partial charge in [0.05, 0.1) is 21.1 Å². The van der Waals surface area contributed by atoms with Crippen LogP contribution in [0.3, 0.4) is 0 Å². The first-order chi connectivity index (χ1) is 34.5. The van der Waals surface area contributed by atoms with Crippen LogP contribution in [0, 0.1) is 0 Å². The molecule has 0 saturated heterocycles. The Kier molecular flexibility index (Phi) is 19.1. The third kappa shape index (κ3) is 16.5. The van der Waals surface area contributed by atoms with Gasteiger partial charge in [0.15, 0.2) is 0 Å². The van der Waals surface area contributed by atoms with Crippen LogP contribution in [0.4, 0.5) is 21.5 Å². The number of aromatic nitrogens is 4. The minimum Gasteiger partial charge on any atom is -0.444 e. The summed E-state index contributed by atoms with van der Waals surface area (Å²) in [5.41, 5.74) is 25.6. The minimum atomic E-state index is -0.595. The molecule has 8 rings (SSSR count). The molecule has 73 heavy (non-hydrogen) atoms. The topological polar surface area (TPSA) is 235 Å². The molecule has 2 aliphatic rings. The van der Waals surface area contributed by atoms with Crippen LogP contribution >= 0.6 is 34.3 Å². The summed E-state index contributed by atoms with van der Waals surface area (Å²) < 4.78 is 10.9. The molecular weight excluding hydrogens is 984 g/mol. The van der Waals surface area contributed by atoms with Crippen molar-refractivity contribution in [3.05, 3.63) is 126 Å². The van der Waals surface area contributed by atoms with Crippen molar-refractivity contribution in [2.24, 2.45) is 5.73 Å². The molecule has 6 aromatic rings. The van der Waals surface area contributed by atoms with E-state index in [2.05, 4.69) is 25.3 Å². The number of nitrogens with zero attached hydrogens (tertiary/aromatic N) is 6. The number of anilines is 2. The number of ether oxygens (including phenoxy) is 2. The third-order valence-corrected chi connectivity index (χ3v) is 14.4. The van der Waals surface area contributed by atoms with Crippen LogP contribution in [-0.2, 0) is 61.3 Å². The maximum atomic E-state index is 12.9. The van der Waals surface area contributed by atoms with Gasteiger partial charge in [-0.3, -0.25) is 9.59 Å². The lowest BCUT2D eigenvalue weighted by Gasteiger charge is -2.25. The van der Waals surface area contributed by atoms with Crippen LogP contribution in [0.1, 0.15) is 130 Å². The van der Waals surface area contributed by atoms with Crippen LogP contribution in [0.5, 0.6) is 0 Å². The van der Waals surface area contributed by atoms with E-state index in [0.717, 1.165) is 69.6 Å². The molecule has 2 aromatic carbocycles. The number of aryl methyl sites for hydroxylation is 4. The van der Waals surface area contributed by atoms with Gasteiger partial charge in [-0.05, 0) is 174 Å². The number of nitrogen functional groups attached to an aromatic ring is 2. The molecule has 0 bridgehead atoms. The molecule has 0 fully saturated rings. The fourth-order valence-electron chi connectivity index (χ4n) is 8.08. The molecule has 16 nitrogen and oxygen atoms in total. The number of amides is 3. The van der Waals surface area contributed by atoms with E-state index in [1.165, 1.54) is 56.4 Å². The highest BCUT2D eigenvalue weighted by Gasteiger charge is 2.24. The standard InChI is InChI=1S/C27H33N5O3S.C18H25N5O2.C9H9ClOS/c1-27(2,3)35-26(34)32(4)16-20-13-17(21-11-12-29-25(28)31-21)9-10-19(20)15-30-24(33)23-14-18-7-5-6-8-22(18)36-23;1-18(2,3)25-17(24)23(4)11-14-9-12(5-6-13(14)10-19)15-7-8-21-16(20)22-15;10-9(11)8-5-6-3-1-2-4-7(6)12-8/h9-14H,5-8,15-16H2,1-4H3,(H,30,33)(H2,28,29,31);5-9H,10-11,19H2,1-4H3,(H2,20,21,22);5H,1-4H2. The predicted octanol–water partition coefficient (Wildman–Crippen LogP) is 10.5. The summed E-state index contributed by atoms with van der Waals surface area (Å²) in [5, 5.41) is 2.75. The van der Waals surface area contributed by atoms with Crippen molar-refractivity contribution in [1.82, 2.24) is 35.1 Å². The molecule has 0 spiro atoms. The Balaban J connectivity index is 0.000000202. The first kappa shape index (κ1) is 55.8. The number of carbonyl (C=O) groups excluding carboxylic acids is 4. The summed E-state index contributed by atoms with van der Waals surface area (Å²) in [7, 11) is 3.39. The molecule has 7 N–H and O–H groups in total. The van der Waals surface area contributed by atoms with Gasteiger partial charge in [0.1, 0.15) is 11.2 Å². The van der Waals surface area contributed by atoms with Gasteiger partial charge in [0.25, 0.3) is 11.1 Å². The average Bonchev–Trinajstić information content (AvgIpc) is 3.99. The van der Waals surface area contributed by atoms with Gasteiger partial charge in [-0.25, -0.2) is 29.5 Å². The molecule has 4 aromatic heterocycles. The van der Waals surface area contributed by atoms with Crippen LogP contribution in [0.25, 0.3) is 22.5 Å². The van der Waals surface area contributed by atoms with Crippen molar-refractivity contribution in [3.8, 4) is 22.5 Å². The van der Waals surface area contributed by atoms with Crippen molar-refractivity contribution in [2.45, 2.75) is 130 Å². The predicted molar refractivity (Wildman–Crippen MR) is 290 cm³/mol. The van der Waals surface area contributed by atoms with Gasteiger partial charge in [-0.15, -0.1) is 22.7 Å². The number of nitrogens with one attached hydrogen (secondary N) is 1. The first-order valence-corrected chi connectivity index (χ1v) is 26.3. The fraction of sp³-hybridized carbons (Fsp3) is 0.407. The summed E-state index contributed by atoms with van der Waals surface area (Å²) in [4.78, 5) is 72.2. The number of hydrogen-bond acceptors (Lipinski definition) is 15. The Morgan fingerprint density at radius 3 is 1.51 bits per heavy atom. The van der Waals surface area contributed by atoms with E-state index in [1.807, 2.05) is 90.1 Å². The number of halogens is 1. The number of fused-ring (bicyclic) bond motifs is 2. The summed E-state index contributed by atoms with van der Waals surface area (Å²) in [6.07, 6.45) is 11.7. The van der Waals surface area contributed by atoms with Crippen molar-refractivity contribution in [2.75, 3.05) is 25.6 Å². The lowest BCUT2D eigenvalue weighted by Crippen LogP contribution is -2.34. The Hall–Kier alpha value is -6.47. The van der Waals surface area contributed by atoms with Crippen molar-refractivity contribution < 1.29 is 28.7 Å². The van der Waals surface area contributed by atoms with Gasteiger partial charge >= 0.3 is 12.2 Å². The molecule has 388 valence electrons. The third-order valence-electron chi connectivity index (χ3n) is 11.6. The maximum absolute atomic E-state index is 12.9. The molecule has 0 atom stereocenters. The van der Waals surface area contributed by atoms with Crippen molar-refractivity contribution in [1.29, 1.82) is 0 Å². The second kappa shape index (κ2) is 25.0. The van der Waals surface area contributed by atoms with Gasteiger partial charge in [0.2, 0.25) is 11.9 Å². The number of nitrogens with two attached hydrogens (primary N) is 3. The van der Waals surface area contributed by atoms with E-state index < -0.39 is 17.3 Å².